The van der Waals surface area contributed by atoms with Crippen molar-refractivity contribution in [1.29, 1.82) is 0 Å². The van der Waals surface area contributed by atoms with Crippen molar-refractivity contribution in [2.45, 2.75) is 23.6 Å². The summed E-state index contributed by atoms with van der Waals surface area (Å²) in [4.78, 5) is 39.6. The maximum Gasteiger partial charge on any atom is 0.346 e. The van der Waals surface area contributed by atoms with Crippen LogP contribution in [0.4, 0.5) is 0 Å². The Hall–Kier alpha value is -1.83. The second-order valence-electron chi connectivity index (χ2n) is 3.71. The number of carboxylic acid groups (broad SMARTS) is 1. The molecule has 1 atom stereocenters. The van der Waals surface area contributed by atoms with Crippen LogP contribution >= 0.6 is 11.8 Å². The van der Waals surface area contributed by atoms with E-state index in [2.05, 4.69) is 9.97 Å². The van der Waals surface area contributed by atoms with Gasteiger partial charge in [-0.3, -0.25) is 4.79 Å². The SMILES string of the molecule is Cc1[nH]c(=O)nc(SC2CCOC2=O)c1C(=O)O. The molecule has 8 heteroatoms. The third kappa shape index (κ3) is 2.37. The summed E-state index contributed by atoms with van der Waals surface area (Å²) in [6, 6.07) is 0. The molecule has 0 aliphatic carbocycles. The smallest absolute Gasteiger partial charge is 0.346 e. The highest BCUT2D eigenvalue weighted by Gasteiger charge is 2.30. The van der Waals surface area contributed by atoms with Crippen LogP contribution in [0, 0.1) is 6.92 Å². The predicted molar refractivity (Wildman–Crippen MR) is 61.8 cm³/mol. The number of aromatic carboxylic acids is 1. The second kappa shape index (κ2) is 4.81. The molecule has 1 fully saturated rings. The summed E-state index contributed by atoms with van der Waals surface area (Å²) in [5, 5.41) is 8.63. The number of hydrogen-bond donors (Lipinski definition) is 2. The number of carbonyl (C=O) groups excluding carboxylic acids is 1. The van der Waals surface area contributed by atoms with E-state index in [0.29, 0.717) is 13.0 Å². The molecule has 2 N–H and O–H groups in total. The Labute approximate surface area is 106 Å². The lowest BCUT2D eigenvalue weighted by Gasteiger charge is -2.08. The monoisotopic (exact) mass is 270 g/mol. The maximum atomic E-state index is 11.3. The number of rotatable bonds is 3. The third-order valence-corrected chi connectivity index (χ3v) is 3.67. The van der Waals surface area contributed by atoms with Gasteiger partial charge in [0.1, 0.15) is 15.8 Å². The predicted octanol–water partition coefficient (Wildman–Crippen LogP) is 0.184. The van der Waals surface area contributed by atoms with Crippen molar-refractivity contribution >= 4 is 23.7 Å². The van der Waals surface area contributed by atoms with Gasteiger partial charge >= 0.3 is 17.6 Å². The maximum absolute atomic E-state index is 11.3. The van der Waals surface area contributed by atoms with Crippen LogP contribution in [0.5, 0.6) is 0 Å². The van der Waals surface area contributed by atoms with Crippen LogP contribution in [-0.4, -0.2) is 38.9 Å². The van der Waals surface area contributed by atoms with Gasteiger partial charge < -0.3 is 14.8 Å². The van der Waals surface area contributed by atoms with Gasteiger partial charge in [-0.05, 0) is 6.92 Å². The topological polar surface area (TPSA) is 109 Å². The fraction of sp³-hybridized carbons (Fsp3) is 0.400. The van der Waals surface area contributed by atoms with E-state index in [0.717, 1.165) is 11.8 Å². The quantitative estimate of drug-likeness (QED) is 0.595. The van der Waals surface area contributed by atoms with E-state index in [1.165, 1.54) is 6.92 Å². The van der Waals surface area contributed by atoms with Crippen LogP contribution in [0.25, 0.3) is 0 Å². The van der Waals surface area contributed by atoms with Crippen LogP contribution in [-0.2, 0) is 9.53 Å². The van der Waals surface area contributed by atoms with Gasteiger partial charge in [-0.15, -0.1) is 0 Å². The Morgan fingerprint density at radius 1 is 1.56 bits per heavy atom. The highest BCUT2D eigenvalue weighted by atomic mass is 32.2. The molecular formula is C10H10N2O5S. The normalized spacial score (nSPS) is 18.7. The van der Waals surface area contributed by atoms with Crippen LogP contribution in [0.3, 0.4) is 0 Å². The van der Waals surface area contributed by atoms with E-state index >= 15 is 0 Å². The van der Waals surface area contributed by atoms with E-state index in [-0.39, 0.29) is 16.3 Å². The lowest BCUT2D eigenvalue weighted by Crippen LogP contribution is -2.20. The summed E-state index contributed by atoms with van der Waals surface area (Å²) in [5.74, 6) is -1.60. The third-order valence-electron chi connectivity index (χ3n) is 2.44. The van der Waals surface area contributed by atoms with Crippen molar-refractivity contribution in [2.24, 2.45) is 0 Å². The number of carboxylic acids is 1. The average Bonchev–Trinajstić information content (AvgIpc) is 2.62. The second-order valence-corrected chi connectivity index (χ2v) is 4.91. The number of nitrogens with one attached hydrogen (secondary N) is 1. The number of carbonyl (C=O) groups is 2. The summed E-state index contributed by atoms with van der Waals surface area (Å²) in [5.41, 5.74) is -0.498. The van der Waals surface area contributed by atoms with Gasteiger partial charge in [-0.2, -0.15) is 4.98 Å². The van der Waals surface area contributed by atoms with E-state index in [1.807, 2.05) is 0 Å². The van der Waals surface area contributed by atoms with Crippen molar-refractivity contribution in [3.63, 3.8) is 0 Å². The molecule has 18 heavy (non-hydrogen) atoms. The largest absolute Gasteiger partial charge is 0.478 e. The van der Waals surface area contributed by atoms with Gasteiger partial charge in [-0.1, -0.05) is 11.8 Å². The van der Waals surface area contributed by atoms with E-state index < -0.39 is 22.9 Å². The Kier molecular flexibility index (Phi) is 3.37. The first kappa shape index (κ1) is 12.6. The number of hydrogen-bond acceptors (Lipinski definition) is 6. The molecule has 0 bridgehead atoms. The minimum atomic E-state index is -1.19. The number of aromatic nitrogens is 2. The van der Waals surface area contributed by atoms with Crippen molar-refractivity contribution in [1.82, 2.24) is 9.97 Å². The highest BCUT2D eigenvalue weighted by Crippen LogP contribution is 2.30. The van der Waals surface area contributed by atoms with Gasteiger partial charge in [0.15, 0.2) is 0 Å². The molecule has 2 heterocycles. The molecule has 1 aliphatic heterocycles. The number of esters is 1. The molecule has 1 unspecified atom stereocenters. The summed E-state index contributed by atoms with van der Waals surface area (Å²) in [7, 11) is 0. The van der Waals surface area contributed by atoms with E-state index in [9.17, 15) is 14.4 Å². The van der Waals surface area contributed by atoms with Gasteiger partial charge in [-0.25, -0.2) is 9.59 Å². The molecule has 1 aromatic rings. The minimum Gasteiger partial charge on any atom is -0.478 e. The fourth-order valence-corrected chi connectivity index (χ4v) is 2.76. The fourth-order valence-electron chi connectivity index (χ4n) is 1.62. The highest BCUT2D eigenvalue weighted by molar-refractivity contribution is 8.00. The van der Waals surface area contributed by atoms with Crippen molar-refractivity contribution in [3.8, 4) is 0 Å². The zero-order valence-electron chi connectivity index (χ0n) is 9.43. The summed E-state index contributed by atoms with van der Waals surface area (Å²) < 4.78 is 4.78. The number of ether oxygens (including phenoxy) is 1. The van der Waals surface area contributed by atoms with Crippen LogP contribution < -0.4 is 5.69 Å². The zero-order valence-corrected chi connectivity index (χ0v) is 10.2. The van der Waals surface area contributed by atoms with Crippen molar-refractivity contribution in [3.05, 3.63) is 21.7 Å². The molecule has 0 aromatic carbocycles. The molecule has 1 aliphatic rings. The van der Waals surface area contributed by atoms with Crippen LogP contribution in [0.2, 0.25) is 0 Å². The lowest BCUT2D eigenvalue weighted by atomic mass is 10.2. The van der Waals surface area contributed by atoms with Gasteiger partial charge in [0, 0.05) is 12.1 Å². The Morgan fingerprint density at radius 3 is 2.83 bits per heavy atom. The lowest BCUT2D eigenvalue weighted by molar-refractivity contribution is -0.137. The Bertz CT molecular complexity index is 568. The number of thioether (sulfide) groups is 1. The number of cyclic esters (lactones) is 1. The van der Waals surface area contributed by atoms with Gasteiger partial charge in [0.2, 0.25) is 0 Å². The number of aryl methyl sites for hydroxylation is 1. The molecule has 7 nitrogen and oxygen atoms in total. The molecule has 0 amide bonds. The minimum absolute atomic E-state index is 0.0487. The first-order valence-corrected chi connectivity index (χ1v) is 6.04. The number of nitrogens with zero attached hydrogens (tertiary/aromatic N) is 1. The average molecular weight is 270 g/mol. The zero-order chi connectivity index (χ0) is 13.3. The Balaban J connectivity index is 2.39. The van der Waals surface area contributed by atoms with Gasteiger partial charge in [0.25, 0.3) is 0 Å². The van der Waals surface area contributed by atoms with Crippen LogP contribution in [0.1, 0.15) is 22.5 Å². The summed E-state index contributed by atoms with van der Waals surface area (Å²) >= 11 is 0.956. The number of H-pyrrole nitrogens is 1. The molecule has 2 rings (SSSR count). The Morgan fingerprint density at radius 2 is 2.28 bits per heavy atom. The van der Waals surface area contributed by atoms with Gasteiger partial charge in [0.05, 0.1) is 6.61 Å². The van der Waals surface area contributed by atoms with Crippen molar-refractivity contribution in [2.75, 3.05) is 6.61 Å². The molecule has 1 saturated heterocycles. The molecule has 96 valence electrons. The summed E-state index contributed by atoms with van der Waals surface area (Å²) in [6.45, 7) is 1.78. The first-order valence-electron chi connectivity index (χ1n) is 5.16. The first-order chi connectivity index (χ1) is 8.49. The standard InChI is InChI=1S/C10H10N2O5S/c1-4-6(8(13)14)7(12-10(16)11-4)18-5-2-3-17-9(5)15/h5H,2-3H2,1H3,(H,13,14)(H,11,12,16). The molecule has 0 saturated carbocycles. The number of aromatic amines is 1. The van der Waals surface area contributed by atoms with E-state index in [4.69, 9.17) is 9.84 Å². The molecule has 1 aromatic heterocycles. The van der Waals surface area contributed by atoms with Crippen molar-refractivity contribution < 1.29 is 19.4 Å². The van der Waals surface area contributed by atoms with Crippen LogP contribution in [0.15, 0.2) is 9.82 Å². The molecule has 0 radical (unpaired) electrons. The molecule has 0 spiro atoms. The molecular weight excluding hydrogens is 260 g/mol. The summed E-state index contributed by atoms with van der Waals surface area (Å²) in [6.07, 6.45) is 0.482. The van der Waals surface area contributed by atoms with E-state index in [1.54, 1.807) is 0 Å².